The second-order valence-electron chi connectivity index (χ2n) is 7.15. The third-order valence-corrected chi connectivity index (χ3v) is 5.11. The highest BCUT2D eigenvalue weighted by atomic mass is 19.1. The van der Waals surface area contributed by atoms with Crippen molar-refractivity contribution in [2.24, 2.45) is 4.99 Å². The topological polar surface area (TPSA) is 61.8 Å². The molecule has 29 heavy (non-hydrogen) atoms. The second-order valence-corrected chi connectivity index (χ2v) is 7.15. The molecule has 3 rings (SSSR count). The van der Waals surface area contributed by atoms with Crippen molar-refractivity contribution in [1.82, 2.24) is 20.5 Å². The number of halogens is 1. The first-order valence-electron chi connectivity index (χ1n) is 10.1. The Bertz CT molecular complexity index is 773. The maximum atomic E-state index is 13.4. The molecular weight excluding hydrogens is 369 g/mol. The minimum Gasteiger partial charge on any atom is -0.379 e. The zero-order valence-electron chi connectivity index (χ0n) is 17.2. The van der Waals surface area contributed by atoms with Gasteiger partial charge in [-0.05, 0) is 42.7 Å². The predicted octanol–water partition coefficient (Wildman–Crippen LogP) is 2.31. The molecule has 2 N–H and O–H groups in total. The van der Waals surface area contributed by atoms with Gasteiger partial charge in [0.1, 0.15) is 5.82 Å². The second kappa shape index (κ2) is 10.9. The smallest absolute Gasteiger partial charge is 0.191 e. The van der Waals surface area contributed by atoms with Crippen LogP contribution in [0.25, 0.3) is 0 Å². The standard InChI is InChI=1S/C22H30FN5O/c1-17-3-4-18(15-26-17)9-10-25-22(24-2)27-16-21(28-11-13-29-14-12-28)19-5-7-20(23)8-6-19/h3-8,15,21H,9-14,16H2,1-2H3,(H2,24,25,27). The van der Waals surface area contributed by atoms with E-state index in [1.54, 1.807) is 7.05 Å². The molecule has 7 heteroatoms. The Morgan fingerprint density at radius 3 is 2.59 bits per heavy atom. The molecule has 0 aliphatic carbocycles. The molecule has 2 heterocycles. The van der Waals surface area contributed by atoms with Crippen LogP contribution in [0.4, 0.5) is 4.39 Å². The van der Waals surface area contributed by atoms with Crippen LogP contribution in [0.15, 0.2) is 47.6 Å². The zero-order chi connectivity index (χ0) is 20.5. The van der Waals surface area contributed by atoms with Gasteiger partial charge in [0.05, 0.1) is 19.3 Å². The van der Waals surface area contributed by atoms with E-state index < -0.39 is 0 Å². The highest BCUT2D eigenvalue weighted by molar-refractivity contribution is 5.79. The monoisotopic (exact) mass is 399 g/mol. The Kier molecular flexibility index (Phi) is 7.95. The van der Waals surface area contributed by atoms with Gasteiger partial charge in [-0.25, -0.2) is 4.39 Å². The van der Waals surface area contributed by atoms with Crippen LogP contribution in [0.2, 0.25) is 0 Å². The Morgan fingerprint density at radius 1 is 1.17 bits per heavy atom. The molecule has 1 aliphatic rings. The molecule has 156 valence electrons. The quantitative estimate of drug-likeness (QED) is 0.553. The molecule has 1 saturated heterocycles. The summed E-state index contributed by atoms with van der Waals surface area (Å²) in [7, 11) is 1.77. The number of hydrogen-bond acceptors (Lipinski definition) is 4. The highest BCUT2D eigenvalue weighted by Crippen LogP contribution is 2.21. The molecule has 2 aromatic rings. The molecular formula is C22H30FN5O. The summed E-state index contributed by atoms with van der Waals surface area (Å²) in [6.45, 7) is 6.58. The maximum absolute atomic E-state index is 13.4. The van der Waals surface area contributed by atoms with Crippen LogP contribution in [-0.2, 0) is 11.2 Å². The fourth-order valence-corrected chi connectivity index (χ4v) is 3.42. The number of benzene rings is 1. The minimum absolute atomic E-state index is 0.124. The highest BCUT2D eigenvalue weighted by Gasteiger charge is 2.23. The van der Waals surface area contributed by atoms with Gasteiger partial charge < -0.3 is 15.4 Å². The van der Waals surface area contributed by atoms with Crippen molar-refractivity contribution in [3.63, 3.8) is 0 Å². The molecule has 1 unspecified atom stereocenters. The van der Waals surface area contributed by atoms with Crippen LogP contribution >= 0.6 is 0 Å². The molecule has 0 amide bonds. The van der Waals surface area contributed by atoms with E-state index in [1.807, 2.05) is 31.3 Å². The molecule has 0 radical (unpaired) electrons. The van der Waals surface area contributed by atoms with Gasteiger partial charge in [0.25, 0.3) is 0 Å². The Hall–Kier alpha value is -2.51. The van der Waals surface area contributed by atoms with E-state index in [1.165, 1.54) is 17.7 Å². The van der Waals surface area contributed by atoms with Crippen molar-refractivity contribution in [3.8, 4) is 0 Å². The van der Waals surface area contributed by atoms with Gasteiger partial charge in [-0.15, -0.1) is 0 Å². The Balaban J connectivity index is 1.56. The van der Waals surface area contributed by atoms with Crippen molar-refractivity contribution in [2.75, 3.05) is 46.4 Å². The maximum Gasteiger partial charge on any atom is 0.191 e. The van der Waals surface area contributed by atoms with E-state index in [9.17, 15) is 4.39 Å². The number of rotatable bonds is 7. The molecule has 1 atom stereocenters. The first-order chi connectivity index (χ1) is 14.2. The zero-order valence-corrected chi connectivity index (χ0v) is 17.2. The van der Waals surface area contributed by atoms with E-state index >= 15 is 0 Å². The van der Waals surface area contributed by atoms with Crippen molar-refractivity contribution in [1.29, 1.82) is 0 Å². The van der Waals surface area contributed by atoms with E-state index in [2.05, 4.69) is 31.6 Å². The first-order valence-corrected chi connectivity index (χ1v) is 10.1. The van der Waals surface area contributed by atoms with Gasteiger partial charge in [0, 0.05) is 45.1 Å². The summed E-state index contributed by atoms with van der Waals surface area (Å²) in [5.74, 6) is 0.538. The predicted molar refractivity (Wildman–Crippen MR) is 114 cm³/mol. The fraction of sp³-hybridized carbons (Fsp3) is 0.455. The van der Waals surface area contributed by atoms with Crippen molar-refractivity contribution < 1.29 is 9.13 Å². The summed E-state index contributed by atoms with van der Waals surface area (Å²) in [5.41, 5.74) is 3.30. The van der Waals surface area contributed by atoms with Gasteiger partial charge in [0.15, 0.2) is 5.96 Å². The Labute approximate surface area is 172 Å². The number of aryl methyl sites for hydroxylation is 1. The van der Waals surface area contributed by atoms with Crippen LogP contribution < -0.4 is 10.6 Å². The van der Waals surface area contributed by atoms with Gasteiger partial charge in [0.2, 0.25) is 0 Å². The number of ether oxygens (including phenoxy) is 1. The molecule has 0 saturated carbocycles. The van der Waals surface area contributed by atoms with Crippen molar-refractivity contribution in [3.05, 3.63) is 65.2 Å². The Morgan fingerprint density at radius 2 is 1.93 bits per heavy atom. The number of aromatic nitrogens is 1. The average Bonchev–Trinajstić information content (AvgIpc) is 2.76. The molecule has 0 spiro atoms. The van der Waals surface area contributed by atoms with Crippen molar-refractivity contribution in [2.45, 2.75) is 19.4 Å². The van der Waals surface area contributed by atoms with E-state index in [0.717, 1.165) is 56.5 Å². The SMILES string of the molecule is CN=C(NCCc1ccc(C)nc1)NCC(c1ccc(F)cc1)N1CCOCC1. The minimum atomic E-state index is -0.217. The molecule has 6 nitrogen and oxygen atoms in total. The largest absolute Gasteiger partial charge is 0.379 e. The van der Waals surface area contributed by atoms with Gasteiger partial charge >= 0.3 is 0 Å². The lowest BCUT2D eigenvalue weighted by Crippen LogP contribution is -2.46. The molecule has 1 aromatic heterocycles. The van der Waals surface area contributed by atoms with E-state index in [0.29, 0.717) is 6.54 Å². The number of pyridine rings is 1. The summed E-state index contributed by atoms with van der Waals surface area (Å²) >= 11 is 0. The number of nitrogens with one attached hydrogen (secondary N) is 2. The van der Waals surface area contributed by atoms with Crippen LogP contribution in [0.1, 0.15) is 22.9 Å². The van der Waals surface area contributed by atoms with Gasteiger partial charge in [-0.3, -0.25) is 14.9 Å². The van der Waals surface area contributed by atoms with E-state index in [4.69, 9.17) is 4.74 Å². The third-order valence-electron chi connectivity index (χ3n) is 5.11. The lowest BCUT2D eigenvalue weighted by atomic mass is 10.0. The fourth-order valence-electron chi connectivity index (χ4n) is 3.42. The van der Waals surface area contributed by atoms with Crippen molar-refractivity contribution >= 4 is 5.96 Å². The van der Waals surface area contributed by atoms with Crippen LogP contribution in [0.3, 0.4) is 0 Å². The number of hydrogen-bond donors (Lipinski definition) is 2. The molecule has 1 aromatic carbocycles. The van der Waals surface area contributed by atoms with Crippen LogP contribution in [0.5, 0.6) is 0 Å². The average molecular weight is 400 g/mol. The summed E-state index contributed by atoms with van der Waals surface area (Å²) in [5, 5.41) is 6.78. The first kappa shape index (κ1) is 21.2. The van der Waals surface area contributed by atoms with Gasteiger partial charge in [-0.1, -0.05) is 18.2 Å². The lowest BCUT2D eigenvalue weighted by molar-refractivity contribution is 0.0170. The summed E-state index contributed by atoms with van der Waals surface area (Å²) in [4.78, 5) is 11.0. The number of morpholine rings is 1. The molecule has 1 aliphatic heterocycles. The molecule has 0 bridgehead atoms. The van der Waals surface area contributed by atoms with Gasteiger partial charge in [-0.2, -0.15) is 0 Å². The molecule has 1 fully saturated rings. The summed E-state index contributed by atoms with van der Waals surface area (Å²) < 4.78 is 18.9. The lowest BCUT2D eigenvalue weighted by Gasteiger charge is -2.35. The summed E-state index contributed by atoms with van der Waals surface area (Å²) in [6.07, 6.45) is 2.79. The van der Waals surface area contributed by atoms with Crippen LogP contribution in [-0.4, -0.2) is 62.3 Å². The third kappa shape index (κ3) is 6.51. The number of guanidine groups is 1. The number of nitrogens with zero attached hydrogens (tertiary/aromatic N) is 3. The number of aliphatic imine (C=N–C) groups is 1. The van der Waals surface area contributed by atoms with Crippen LogP contribution in [0, 0.1) is 12.7 Å². The summed E-state index contributed by atoms with van der Waals surface area (Å²) in [6, 6.07) is 11.0. The normalized spacial score (nSPS) is 16.4. The van der Waals surface area contributed by atoms with E-state index in [-0.39, 0.29) is 11.9 Å².